The van der Waals surface area contributed by atoms with Crippen LogP contribution < -0.4 is 0 Å². The van der Waals surface area contributed by atoms with Crippen LogP contribution in [0.3, 0.4) is 0 Å². The van der Waals surface area contributed by atoms with E-state index in [0.29, 0.717) is 37.4 Å². The minimum atomic E-state index is -0.565. The number of benzene rings is 3. The SMILES string of the molecule is COC(=O)C1(Cc2ccc(Cl)cc2)CCN(CCOC(c2ccc(F)cc2)c2ccc(F)cc2)CC1. The van der Waals surface area contributed by atoms with Gasteiger partial charge in [-0.15, -0.1) is 0 Å². The molecule has 0 radical (unpaired) electrons. The maximum Gasteiger partial charge on any atom is 0.312 e. The van der Waals surface area contributed by atoms with Crippen LogP contribution in [0.15, 0.2) is 72.8 Å². The Balaban J connectivity index is 1.37. The minimum absolute atomic E-state index is 0.180. The Kier molecular flexibility index (Phi) is 8.72. The Labute approximate surface area is 215 Å². The van der Waals surface area contributed by atoms with Crippen molar-refractivity contribution >= 4 is 17.6 Å². The van der Waals surface area contributed by atoms with Gasteiger partial charge in [-0.3, -0.25) is 4.79 Å². The number of carbonyl (C=O) groups is 1. The summed E-state index contributed by atoms with van der Waals surface area (Å²) >= 11 is 6.02. The lowest BCUT2D eigenvalue weighted by Crippen LogP contribution is -2.47. The highest BCUT2D eigenvalue weighted by Gasteiger charge is 2.42. The Bertz CT molecular complexity index is 1080. The monoisotopic (exact) mass is 513 g/mol. The molecule has 7 heteroatoms. The molecule has 4 nitrogen and oxygen atoms in total. The zero-order chi connectivity index (χ0) is 25.5. The highest BCUT2D eigenvalue weighted by Crippen LogP contribution is 2.37. The summed E-state index contributed by atoms with van der Waals surface area (Å²) in [7, 11) is 1.44. The van der Waals surface area contributed by atoms with E-state index in [2.05, 4.69) is 4.90 Å². The van der Waals surface area contributed by atoms with Crippen molar-refractivity contribution < 1.29 is 23.0 Å². The molecule has 1 saturated heterocycles. The van der Waals surface area contributed by atoms with Gasteiger partial charge in [-0.1, -0.05) is 48.0 Å². The molecule has 0 unspecified atom stereocenters. The second-order valence-electron chi connectivity index (χ2n) is 9.27. The third kappa shape index (κ3) is 6.49. The molecule has 1 aliphatic heterocycles. The standard InChI is InChI=1S/C29H30ClF2NO3/c1-35-28(34)29(20-21-2-8-24(30)9-3-21)14-16-33(17-15-29)18-19-36-27(22-4-10-25(31)11-5-22)23-6-12-26(32)13-7-23/h2-13,27H,14-20H2,1H3. The van der Waals surface area contributed by atoms with Gasteiger partial charge >= 0.3 is 5.97 Å². The van der Waals surface area contributed by atoms with E-state index < -0.39 is 11.5 Å². The number of halogens is 3. The van der Waals surface area contributed by atoms with E-state index in [1.807, 2.05) is 24.3 Å². The van der Waals surface area contributed by atoms with Gasteiger partial charge in [0.25, 0.3) is 0 Å². The lowest BCUT2D eigenvalue weighted by molar-refractivity contribution is -0.156. The molecule has 1 heterocycles. The van der Waals surface area contributed by atoms with Crippen molar-refractivity contribution in [3.05, 3.63) is 106 Å². The number of nitrogens with zero attached hydrogens (tertiary/aromatic N) is 1. The molecule has 0 aliphatic carbocycles. The molecule has 0 saturated carbocycles. The molecule has 0 bridgehead atoms. The maximum absolute atomic E-state index is 13.5. The third-order valence-electron chi connectivity index (χ3n) is 6.92. The number of hydrogen-bond donors (Lipinski definition) is 0. The number of rotatable bonds is 9. The first kappa shape index (κ1) is 26.3. The van der Waals surface area contributed by atoms with Gasteiger partial charge in [0.2, 0.25) is 0 Å². The zero-order valence-corrected chi connectivity index (χ0v) is 21.0. The number of ether oxygens (including phenoxy) is 2. The van der Waals surface area contributed by atoms with Crippen molar-refractivity contribution in [2.75, 3.05) is 33.4 Å². The molecule has 0 aromatic heterocycles. The van der Waals surface area contributed by atoms with Crippen LogP contribution in [0.2, 0.25) is 5.02 Å². The van der Waals surface area contributed by atoms with E-state index in [-0.39, 0.29) is 17.6 Å². The van der Waals surface area contributed by atoms with Crippen molar-refractivity contribution in [1.82, 2.24) is 4.90 Å². The molecule has 0 amide bonds. The molecule has 3 aromatic rings. The highest BCUT2D eigenvalue weighted by atomic mass is 35.5. The fraction of sp³-hybridized carbons (Fsp3) is 0.345. The lowest BCUT2D eigenvalue weighted by atomic mass is 9.73. The molecule has 1 fully saturated rings. The molecular formula is C29H30ClF2NO3. The Hall–Kier alpha value is -2.80. The normalized spacial score (nSPS) is 15.7. The van der Waals surface area contributed by atoms with Crippen molar-refractivity contribution in [2.45, 2.75) is 25.4 Å². The van der Waals surface area contributed by atoms with Crippen LogP contribution in [0.25, 0.3) is 0 Å². The van der Waals surface area contributed by atoms with Gasteiger partial charge in [-0.2, -0.15) is 0 Å². The van der Waals surface area contributed by atoms with E-state index >= 15 is 0 Å². The summed E-state index contributed by atoms with van der Waals surface area (Å²) < 4.78 is 38.4. The number of methoxy groups -OCH3 is 1. The van der Waals surface area contributed by atoms with Crippen LogP contribution in [0, 0.1) is 17.0 Å². The van der Waals surface area contributed by atoms with Crippen LogP contribution in [-0.4, -0.2) is 44.2 Å². The summed E-state index contributed by atoms with van der Waals surface area (Å²) in [6, 6.07) is 19.9. The fourth-order valence-electron chi connectivity index (χ4n) is 4.83. The molecule has 0 N–H and O–H groups in total. The first-order chi connectivity index (χ1) is 17.4. The van der Waals surface area contributed by atoms with E-state index in [4.69, 9.17) is 21.1 Å². The lowest BCUT2D eigenvalue weighted by Gasteiger charge is -2.40. The van der Waals surface area contributed by atoms with E-state index in [1.54, 1.807) is 24.3 Å². The summed E-state index contributed by atoms with van der Waals surface area (Å²) in [6.07, 6.45) is 1.54. The topological polar surface area (TPSA) is 38.8 Å². The van der Waals surface area contributed by atoms with Crippen LogP contribution in [0.1, 0.15) is 35.6 Å². The second-order valence-corrected chi connectivity index (χ2v) is 9.71. The Morgan fingerprint density at radius 3 is 1.94 bits per heavy atom. The molecule has 0 spiro atoms. The number of hydrogen-bond acceptors (Lipinski definition) is 4. The Morgan fingerprint density at radius 2 is 1.44 bits per heavy atom. The van der Waals surface area contributed by atoms with Crippen molar-refractivity contribution in [3.8, 4) is 0 Å². The number of carbonyl (C=O) groups excluding carboxylic acids is 1. The molecule has 0 atom stereocenters. The van der Waals surface area contributed by atoms with Gasteiger partial charge in [0.15, 0.2) is 0 Å². The fourth-order valence-corrected chi connectivity index (χ4v) is 4.95. The van der Waals surface area contributed by atoms with E-state index in [0.717, 1.165) is 29.8 Å². The minimum Gasteiger partial charge on any atom is -0.469 e. The number of piperidine rings is 1. The van der Waals surface area contributed by atoms with Gasteiger partial charge in [-0.05, 0) is 85.4 Å². The highest BCUT2D eigenvalue weighted by molar-refractivity contribution is 6.30. The average Bonchev–Trinajstić information content (AvgIpc) is 2.90. The summed E-state index contributed by atoms with van der Waals surface area (Å²) in [5.74, 6) is -0.823. The molecule has 4 rings (SSSR count). The van der Waals surface area contributed by atoms with Crippen LogP contribution in [0.4, 0.5) is 8.78 Å². The van der Waals surface area contributed by atoms with Crippen molar-refractivity contribution in [3.63, 3.8) is 0 Å². The second kappa shape index (κ2) is 12.0. The van der Waals surface area contributed by atoms with Gasteiger partial charge in [-0.25, -0.2) is 8.78 Å². The predicted octanol–water partition coefficient (Wildman–Crippen LogP) is 6.22. The van der Waals surface area contributed by atoms with E-state index in [9.17, 15) is 13.6 Å². The quantitative estimate of drug-likeness (QED) is 0.318. The van der Waals surface area contributed by atoms with Gasteiger partial charge in [0.05, 0.1) is 19.1 Å². The van der Waals surface area contributed by atoms with E-state index in [1.165, 1.54) is 31.4 Å². The summed E-state index contributed by atoms with van der Waals surface area (Å²) in [4.78, 5) is 15.1. The van der Waals surface area contributed by atoms with Gasteiger partial charge < -0.3 is 14.4 Å². The van der Waals surface area contributed by atoms with Crippen LogP contribution in [-0.2, 0) is 20.7 Å². The first-order valence-electron chi connectivity index (χ1n) is 12.1. The van der Waals surface area contributed by atoms with Crippen LogP contribution >= 0.6 is 11.6 Å². The molecule has 3 aromatic carbocycles. The smallest absolute Gasteiger partial charge is 0.312 e. The molecular weight excluding hydrogens is 484 g/mol. The molecule has 36 heavy (non-hydrogen) atoms. The maximum atomic E-state index is 13.5. The summed E-state index contributed by atoms with van der Waals surface area (Å²) in [5.41, 5.74) is 2.09. The van der Waals surface area contributed by atoms with Crippen molar-refractivity contribution in [2.24, 2.45) is 5.41 Å². The largest absolute Gasteiger partial charge is 0.469 e. The average molecular weight is 514 g/mol. The summed E-state index contributed by atoms with van der Waals surface area (Å²) in [6.45, 7) is 2.59. The van der Waals surface area contributed by atoms with Crippen LogP contribution in [0.5, 0.6) is 0 Å². The first-order valence-corrected chi connectivity index (χ1v) is 12.4. The summed E-state index contributed by atoms with van der Waals surface area (Å²) in [5, 5.41) is 0.667. The van der Waals surface area contributed by atoms with Crippen molar-refractivity contribution in [1.29, 1.82) is 0 Å². The predicted molar refractivity (Wildman–Crippen MR) is 136 cm³/mol. The number of likely N-dealkylation sites (tertiary alicyclic amines) is 1. The van der Waals surface area contributed by atoms with Gasteiger partial charge in [0.1, 0.15) is 17.7 Å². The molecule has 1 aliphatic rings. The number of esters is 1. The third-order valence-corrected chi connectivity index (χ3v) is 7.18. The Morgan fingerprint density at radius 1 is 0.917 bits per heavy atom. The molecule has 190 valence electrons. The van der Waals surface area contributed by atoms with Gasteiger partial charge in [0, 0.05) is 11.6 Å². The zero-order valence-electron chi connectivity index (χ0n) is 20.3.